The molecule has 2 aliphatic rings. The molecule has 2 aromatic rings. The number of fused-ring (bicyclic) bond motifs is 1. The van der Waals surface area contributed by atoms with Crippen molar-refractivity contribution in [2.45, 2.75) is 31.0 Å². The quantitative estimate of drug-likeness (QED) is 0.797. The first kappa shape index (κ1) is 19.0. The molecule has 4 rings (SSSR count). The minimum absolute atomic E-state index is 0.0975. The molecule has 0 radical (unpaired) electrons. The van der Waals surface area contributed by atoms with E-state index in [0.29, 0.717) is 30.7 Å². The highest BCUT2D eigenvalue weighted by Crippen LogP contribution is 2.24. The predicted octanol–water partition coefficient (Wildman–Crippen LogP) is 1.14. The molecular formula is C22H23N3O4. The number of hydrogen-bond acceptors (Lipinski definition) is 4. The Hall–Kier alpha value is -3.35. The summed E-state index contributed by atoms with van der Waals surface area (Å²) in [4.78, 5) is 39.9. The van der Waals surface area contributed by atoms with Gasteiger partial charge in [-0.25, -0.2) is 0 Å². The first-order chi connectivity index (χ1) is 14.1. The van der Waals surface area contributed by atoms with Gasteiger partial charge in [0.05, 0.1) is 13.2 Å². The summed E-state index contributed by atoms with van der Waals surface area (Å²) < 4.78 is 5.10. The molecule has 7 nitrogen and oxygen atoms in total. The van der Waals surface area contributed by atoms with E-state index in [0.717, 1.165) is 5.56 Å². The van der Waals surface area contributed by atoms with Crippen molar-refractivity contribution >= 4 is 17.7 Å². The number of amides is 3. The molecule has 0 saturated carbocycles. The smallest absolute Gasteiger partial charge is 0.251 e. The Kier molecular flexibility index (Phi) is 5.20. The van der Waals surface area contributed by atoms with Gasteiger partial charge in [-0.3, -0.25) is 14.4 Å². The zero-order valence-electron chi connectivity index (χ0n) is 16.1. The van der Waals surface area contributed by atoms with E-state index in [4.69, 9.17) is 4.74 Å². The van der Waals surface area contributed by atoms with Crippen molar-refractivity contribution in [2.24, 2.45) is 0 Å². The Labute approximate surface area is 169 Å². The summed E-state index contributed by atoms with van der Waals surface area (Å²) in [6.45, 7) is 0.454. The third kappa shape index (κ3) is 3.81. The van der Waals surface area contributed by atoms with E-state index in [1.807, 2.05) is 30.3 Å². The van der Waals surface area contributed by atoms with Crippen molar-refractivity contribution < 1.29 is 19.1 Å². The largest absolute Gasteiger partial charge is 0.497 e. The number of hydrogen-bond donors (Lipinski definition) is 2. The van der Waals surface area contributed by atoms with Gasteiger partial charge < -0.3 is 20.3 Å². The van der Waals surface area contributed by atoms with Crippen LogP contribution in [0.1, 0.15) is 22.3 Å². The molecule has 0 unspecified atom stereocenters. The van der Waals surface area contributed by atoms with Crippen LogP contribution in [0.3, 0.4) is 0 Å². The summed E-state index contributed by atoms with van der Waals surface area (Å²) in [7, 11) is 1.56. The molecule has 2 aliphatic heterocycles. The minimum atomic E-state index is -0.670. The number of methoxy groups -OCH3 is 1. The molecule has 0 bridgehead atoms. The second kappa shape index (κ2) is 7.95. The van der Waals surface area contributed by atoms with E-state index in [1.165, 1.54) is 0 Å². The summed E-state index contributed by atoms with van der Waals surface area (Å²) >= 11 is 0. The van der Waals surface area contributed by atoms with E-state index in [1.54, 1.807) is 36.3 Å². The van der Waals surface area contributed by atoms with Crippen molar-refractivity contribution in [1.29, 1.82) is 0 Å². The lowest BCUT2D eigenvalue weighted by Gasteiger charge is -2.36. The summed E-state index contributed by atoms with van der Waals surface area (Å²) in [6.07, 6.45) is 1.00. The Morgan fingerprint density at radius 1 is 1.14 bits per heavy atom. The molecule has 29 heavy (non-hydrogen) atoms. The second-order valence-electron chi connectivity index (χ2n) is 7.32. The summed E-state index contributed by atoms with van der Waals surface area (Å²) in [5.74, 6) is 0.0733. The molecule has 2 N–H and O–H groups in total. The average molecular weight is 393 g/mol. The number of benzene rings is 2. The van der Waals surface area contributed by atoms with Gasteiger partial charge >= 0.3 is 0 Å². The monoisotopic (exact) mass is 393 g/mol. The van der Waals surface area contributed by atoms with Gasteiger partial charge in [0.15, 0.2) is 0 Å². The first-order valence-electron chi connectivity index (χ1n) is 9.66. The molecular weight excluding hydrogens is 370 g/mol. The van der Waals surface area contributed by atoms with Crippen LogP contribution in [0.15, 0.2) is 54.6 Å². The van der Waals surface area contributed by atoms with Gasteiger partial charge in [0.25, 0.3) is 5.91 Å². The summed E-state index contributed by atoms with van der Waals surface area (Å²) in [6, 6.07) is 14.7. The van der Waals surface area contributed by atoms with Crippen LogP contribution in [0.2, 0.25) is 0 Å². The summed E-state index contributed by atoms with van der Waals surface area (Å²) in [5, 5.41) is 5.76. The molecule has 2 fully saturated rings. The highest BCUT2D eigenvalue weighted by molar-refractivity contribution is 5.99. The highest BCUT2D eigenvalue weighted by Gasteiger charge is 2.48. The molecule has 3 amide bonds. The lowest BCUT2D eigenvalue weighted by atomic mass is 9.99. The number of piperazine rings is 1. The number of ether oxygens (including phenoxy) is 1. The topological polar surface area (TPSA) is 87.7 Å². The maximum atomic E-state index is 12.9. The Bertz CT molecular complexity index is 913. The Morgan fingerprint density at radius 3 is 2.55 bits per heavy atom. The number of nitrogens with zero attached hydrogens (tertiary/aromatic N) is 1. The van der Waals surface area contributed by atoms with Crippen LogP contribution in [0.5, 0.6) is 5.75 Å². The van der Waals surface area contributed by atoms with Gasteiger partial charge in [-0.1, -0.05) is 30.3 Å². The molecule has 3 atom stereocenters. The van der Waals surface area contributed by atoms with Crippen LogP contribution in [0.25, 0.3) is 0 Å². The van der Waals surface area contributed by atoms with Gasteiger partial charge in [0, 0.05) is 18.5 Å². The summed E-state index contributed by atoms with van der Waals surface area (Å²) in [5.41, 5.74) is 1.47. The number of rotatable bonds is 5. The van der Waals surface area contributed by atoms with Gasteiger partial charge in [-0.15, -0.1) is 0 Å². The van der Waals surface area contributed by atoms with Crippen molar-refractivity contribution in [1.82, 2.24) is 15.5 Å². The molecule has 0 aliphatic carbocycles. The third-order valence-electron chi connectivity index (χ3n) is 5.52. The van der Waals surface area contributed by atoms with Crippen LogP contribution in [-0.2, 0) is 16.0 Å². The van der Waals surface area contributed by atoms with Crippen molar-refractivity contribution in [3.05, 3.63) is 65.7 Å². The van der Waals surface area contributed by atoms with Crippen molar-refractivity contribution in [2.75, 3.05) is 13.7 Å². The van der Waals surface area contributed by atoms with E-state index in [9.17, 15) is 14.4 Å². The normalized spacial score (nSPS) is 23.3. The van der Waals surface area contributed by atoms with Crippen LogP contribution in [0.4, 0.5) is 0 Å². The van der Waals surface area contributed by atoms with Crippen LogP contribution in [0, 0.1) is 0 Å². The molecule has 7 heteroatoms. The van der Waals surface area contributed by atoms with Gasteiger partial charge in [0.1, 0.15) is 17.8 Å². The fraction of sp³-hybridized carbons (Fsp3) is 0.318. The van der Waals surface area contributed by atoms with E-state index >= 15 is 0 Å². The van der Waals surface area contributed by atoms with Gasteiger partial charge in [0.2, 0.25) is 11.8 Å². The van der Waals surface area contributed by atoms with E-state index < -0.39 is 18.1 Å². The molecule has 150 valence electrons. The van der Waals surface area contributed by atoms with Crippen molar-refractivity contribution in [3.8, 4) is 5.75 Å². The van der Waals surface area contributed by atoms with E-state index in [2.05, 4.69) is 10.6 Å². The second-order valence-corrected chi connectivity index (χ2v) is 7.32. The van der Waals surface area contributed by atoms with Crippen LogP contribution >= 0.6 is 0 Å². The lowest BCUT2D eigenvalue weighted by molar-refractivity contribution is -0.147. The number of carbonyl (C=O) groups is 3. The Morgan fingerprint density at radius 2 is 1.86 bits per heavy atom. The predicted molar refractivity (Wildman–Crippen MR) is 106 cm³/mol. The molecule has 2 aromatic carbocycles. The molecule has 0 aromatic heterocycles. The first-order valence-corrected chi connectivity index (χ1v) is 9.66. The third-order valence-corrected chi connectivity index (χ3v) is 5.52. The minimum Gasteiger partial charge on any atom is -0.497 e. The van der Waals surface area contributed by atoms with Crippen LogP contribution < -0.4 is 15.4 Å². The zero-order valence-corrected chi connectivity index (χ0v) is 16.1. The fourth-order valence-corrected chi connectivity index (χ4v) is 4.02. The number of nitrogens with one attached hydrogen (secondary N) is 2. The molecule has 0 spiro atoms. The van der Waals surface area contributed by atoms with Crippen LogP contribution in [-0.4, -0.2) is 54.4 Å². The maximum Gasteiger partial charge on any atom is 0.251 e. The van der Waals surface area contributed by atoms with E-state index in [-0.39, 0.29) is 17.7 Å². The average Bonchev–Trinajstić information content (AvgIpc) is 3.17. The van der Waals surface area contributed by atoms with Gasteiger partial charge in [-0.2, -0.15) is 0 Å². The lowest BCUT2D eigenvalue weighted by Crippen LogP contribution is -2.65. The van der Waals surface area contributed by atoms with Gasteiger partial charge in [-0.05, 0) is 36.2 Å². The number of carbonyl (C=O) groups excluding carboxylic acids is 3. The highest BCUT2D eigenvalue weighted by atomic mass is 16.5. The standard InChI is InChI=1S/C22H23N3O4/c1-29-16-9-7-15(8-10-16)20(26)23-17-11-12-25-19(17)21(27)24-18(22(25)28)13-14-5-3-2-4-6-14/h2-10,17-19H,11-13H2,1H3,(H,23,26)(H,24,27)/t17-,18+,19-/m0/s1. The zero-order chi connectivity index (χ0) is 20.4. The maximum absolute atomic E-state index is 12.9. The SMILES string of the molecule is COc1ccc(C(=O)N[C@H]2CCN3C(=O)[C@@H](Cc4ccccc4)NC(=O)[C@H]23)cc1. The molecule has 2 heterocycles. The Balaban J connectivity index is 1.43. The molecule has 2 saturated heterocycles. The van der Waals surface area contributed by atoms with Crippen molar-refractivity contribution in [3.63, 3.8) is 0 Å². The fourth-order valence-electron chi connectivity index (χ4n) is 4.02.